The summed E-state index contributed by atoms with van der Waals surface area (Å²) in [6.45, 7) is 5.37. The molecular weight excluding hydrogens is 333 g/mol. The highest BCUT2D eigenvalue weighted by molar-refractivity contribution is 5.77. The lowest BCUT2D eigenvalue weighted by Gasteiger charge is -2.15. The van der Waals surface area contributed by atoms with Crippen molar-refractivity contribution in [2.24, 2.45) is 0 Å². The van der Waals surface area contributed by atoms with Crippen LogP contribution in [0.3, 0.4) is 0 Å². The van der Waals surface area contributed by atoms with Crippen molar-refractivity contribution >= 4 is 11.0 Å². The van der Waals surface area contributed by atoms with Gasteiger partial charge in [-0.25, -0.2) is 9.67 Å². The molecule has 0 aliphatic carbocycles. The second-order valence-corrected chi connectivity index (χ2v) is 5.89. The molecule has 1 unspecified atom stereocenters. The Kier molecular flexibility index (Phi) is 4.14. The predicted molar refractivity (Wildman–Crippen MR) is 87.5 cm³/mol. The lowest BCUT2D eigenvalue weighted by Crippen LogP contribution is -2.13. The van der Waals surface area contributed by atoms with Gasteiger partial charge in [0.1, 0.15) is 11.2 Å². The Labute approximate surface area is 141 Å². The number of aromatic amines is 1. The zero-order valence-electron chi connectivity index (χ0n) is 14.0. The lowest BCUT2D eigenvalue weighted by molar-refractivity contribution is -0.137. The molecule has 3 aromatic rings. The van der Waals surface area contributed by atoms with Crippen molar-refractivity contribution in [3.05, 3.63) is 57.3 Å². The topological polar surface area (TPSA) is 63.6 Å². The van der Waals surface area contributed by atoms with Gasteiger partial charge in [0.05, 0.1) is 17.3 Å². The fourth-order valence-corrected chi connectivity index (χ4v) is 2.83. The highest BCUT2D eigenvalue weighted by Gasteiger charge is 2.30. The van der Waals surface area contributed by atoms with E-state index in [9.17, 15) is 18.0 Å². The summed E-state index contributed by atoms with van der Waals surface area (Å²) in [5.41, 5.74) is 0.742. The van der Waals surface area contributed by atoms with Crippen LogP contribution in [0.2, 0.25) is 0 Å². The molecule has 1 N–H and O–H groups in total. The number of aromatic nitrogens is 4. The molecule has 132 valence electrons. The first-order valence-corrected chi connectivity index (χ1v) is 7.87. The van der Waals surface area contributed by atoms with Crippen LogP contribution in [0.25, 0.3) is 11.0 Å². The quantitative estimate of drug-likeness (QED) is 0.785. The minimum absolute atomic E-state index is 0.259. The van der Waals surface area contributed by atoms with Crippen molar-refractivity contribution in [2.45, 2.75) is 39.4 Å². The van der Waals surface area contributed by atoms with E-state index in [0.29, 0.717) is 34.5 Å². The van der Waals surface area contributed by atoms with Crippen LogP contribution in [0.4, 0.5) is 13.2 Å². The van der Waals surface area contributed by atoms with Gasteiger partial charge in [0.25, 0.3) is 5.56 Å². The number of nitrogens with zero attached hydrogens (tertiary/aromatic N) is 3. The molecular formula is C17H17F3N4O. The van der Waals surface area contributed by atoms with Crippen LogP contribution in [-0.4, -0.2) is 19.7 Å². The number of aryl methyl sites for hydroxylation is 2. The van der Waals surface area contributed by atoms with Gasteiger partial charge in [-0.3, -0.25) is 4.79 Å². The van der Waals surface area contributed by atoms with E-state index in [4.69, 9.17) is 0 Å². The van der Waals surface area contributed by atoms with Gasteiger partial charge >= 0.3 is 6.18 Å². The zero-order chi connectivity index (χ0) is 18.4. The molecule has 0 saturated carbocycles. The fourth-order valence-electron chi connectivity index (χ4n) is 2.83. The third-order valence-corrected chi connectivity index (χ3v) is 4.17. The second-order valence-electron chi connectivity index (χ2n) is 5.89. The summed E-state index contributed by atoms with van der Waals surface area (Å²) in [6, 6.07) is 4.58. The Balaban J connectivity index is 2.11. The van der Waals surface area contributed by atoms with Gasteiger partial charge in [0, 0.05) is 0 Å². The Morgan fingerprint density at radius 2 is 1.88 bits per heavy atom. The second kappa shape index (κ2) is 6.02. The Morgan fingerprint density at radius 1 is 1.24 bits per heavy atom. The average molecular weight is 350 g/mol. The SMILES string of the molecule is CCc1nn(C(C)c2ccc(C(F)(F)F)cc2)c2nc(C)[nH]c(=O)c12. The summed E-state index contributed by atoms with van der Waals surface area (Å²) in [5, 5.41) is 4.89. The molecule has 0 amide bonds. The average Bonchev–Trinajstić information content (AvgIpc) is 2.92. The Morgan fingerprint density at radius 3 is 2.44 bits per heavy atom. The number of rotatable bonds is 3. The molecule has 2 aromatic heterocycles. The van der Waals surface area contributed by atoms with Crippen molar-refractivity contribution in [3.8, 4) is 0 Å². The third-order valence-electron chi connectivity index (χ3n) is 4.17. The van der Waals surface area contributed by atoms with Crippen molar-refractivity contribution < 1.29 is 13.2 Å². The maximum absolute atomic E-state index is 12.7. The molecule has 0 spiro atoms. The molecule has 0 aliphatic heterocycles. The Bertz CT molecular complexity index is 970. The molecule has 3 rings (SSSR count). The molecule has 25 heavy (non-hydrogen) atoms. The number of hydrogen-bond donors (Lipinski definition) is 1. The van der Waals surface area contributed by atoms with Gasteiger partial charge in [-0.1, -0.05) is 19.1 Å². The van der Waals surface area contributed by atoms with E-state index in [1.165, 1.54) is 12.1 Å². The van der Waals surface area contributed by atoms with E-state index in [1.807, 2.05) is 13.8 Å². The highest BCUT2D eigenvalue weighted by Crippen LogP contribution is 2.31. The van der Waals surface area contributed by atoms with E-state index in [1.54, 1.807) is 11.6 Å². The lowest BCUT2D eigenvalue weighted by atomic mass is 10.1. The van der Waals surface area contributed by atoms with Crippen LogP contribution in [-0.2, 0) is 12.6 Å². The summed E-state index contributed by atoms with van der Waals surface area (Å²) < 4.78 is 39.8. The molecule has 5 nitrogen and oxygen atoms in total. The predicted octanol–water partition coefficient (Wildman–Crippen LogP) is 3.62. The number of benzene rings is 1. The van der Waals surface area contributed by atoms with E-state index < -0.39 is 11.7 Å². The monoisotopic (exact) mass is 350 g/mol. The summed E-state index contributed by atoms with van der Waals surface area (Å²) in [5.74, 6) is 0.459. The molecule has 8 heteroatoms. The third kappa shape index (κ3) is 3.04. The van der Waals surface area contributed by atoms with Crippen LogP contribution in [0, 0.1) is 6.92 Å². The highest BCUT2D eigenvalue weighted by atomic mass is 19.4. The molecule has 0 bridgehead atoms. The summed E-state index contributed by atoms with van der Waals surface area (Å²) in [6.07, 6.45) is -3.82. The number of hydrogen-bond acceptors (Lipinski definition) is 3. The van der Waals surface area contributed by atoms with Crippen molar-refractivity contribution in [1.82, 2.24) is 19.7 Å². The molecule has 0 radical (unpaired) electrons. The maximum atomic E-state index is 12.7. The van der Waals surface area contributed by atoms with Crippen molar-refractivity contribution in [3.63, 3.8) is 0 Å². The molecule has 1 aromatic carbocycles. The van der Waals surface area contributed by atoms with E-state index in [-0.39, 0.29) is 11.6 Å². The number of halogens is 3. The molecule has 1 atom stereocenters. The zero-order valence-corrected chi connectivity index (χ0v) is 14.0. The minimum Gasteiger partial charge on any atom is -0.310 e. The van der Waals surface area contributed by atoms with Gasteiger partial charge in [0.2, 0.25) is 0 Å². The van der Waals surface area contributed by atoms with E-state index in [2.05, 4.69) is 15.1 Å². The van der Waals surface area contributed by atoms with Gasteiger partial charge < -0.3 is 4.98 Å². The first-order valence-electron chi connectivity index (χ1n) is 7.87. The maximum Gasteiger partial charge on any atom is 0.416 e. The van der Waals surface area contributed by atoms with Gasteiger partial charge in [0.15, 0.2) is 5.65 Å². The molecule has 0 fully saturated rings. The van der Waals surface area contributed by atoms with Crippen LogP contribution >= 0.6 is 0 Å². The smallest absolute Gasteiger partial charge is 0.310 e. The summed E-state index contributed by atoms with van der Waals surface area (Å²) in [4.78, 5) is 19.3. The van der Waals surface area contributed by atoms with Crippen molar-refractivity contribution in [2.75, 3.05) is 0 Å². The summed E-state index contributed by atoms with van der Waals surface area (Å²) >= 11 is 0. The van der Waals surface area contributed by atoms with Crippen molar-refractivity contribution in [1.29, 1.82) is 0 Å². The van der Waals surface area contributed by atoms with Crippen LogP contribution in [0.1, 0.15) is 42.5 Å². The summed E-state index contributed by atoms with van der Waals surface area (Å²) in [7, 11) is 0. The molecule has 0 aliphatic rings. The number of nitrogens with one attached hydrogen (secondary N) is 1. The van der Waals surface area contributed by atoms with E-state index in [0.717, 1.165) is 12.1 Å². The standard InChI is InChI=1S/C17H17F3N4O/c1-4-13-14-15(21-10(3)22-16(14)25)24(23-13)9(2)11-5-7-12(8-6-11)17(18,19)20/h5-9H,4H2,1-3H3,(H,21,22,25). The Hall–Kier alpha value is -2.64. The first kappa shape index (κ1) is 17.2. The van der Waals surface area contributed by atoms with Crippen LogP contribution in [0.15, 0.2) is 29.1 Å². The number of fused-ring (bicyclic) bond motifs is 1. The van der Waals surface area contributed by atoms with Crippen LogP contribution in [0.5, 0.6) is 0 Å². The normalized spacial score (nSPS) is 13.4. The van der Waals surface area contributed by atoms with Gasteiger partial charge in [-0.2, -0.15) is 18.3 Å². The number of alkyl halides is 3. The first-order chi connectivity index (χ1) is 11.7. The van der Waals surface area contributed by atoms with Crippen LogP contribution < -0.4 is 5.56 Å². The number of H-pyrrole nitrogens is 1. The fraction of sp³-hybridized carbons (Fsp3) is 0.353. The molecule has 2 heterocycles. The van der Waals surface area contributed by atoms with Gasteiger partial charge in [-0.05, 0) is 38.0 Å². The minimum atomic E-state index is -4.37. The van der Waals surface area contributed by atoms with E-state index >= 15 is 0 Å². The largest absolute Gasteiger partial charge is 0.416 e. The molecule has 0 saturated heterocycles. The van der Waals surface area contributed by atoms with Gasteiger partial charge in [-0.15, -0.1) is 0 Å².